The third-order valence-corrected chi connectivity index (χ3v) is 12.4. The molecule has 0 bridgehead atoms. The van der Waals surface area contributed by atoms with Gasteiger partial charge in [0, 0.05) is 26.5 Å². The van der Waals surface area contributed by atoms with Crippen LogP contribution in [0.1, 0.15) is 39.5 Å². The summed E-state index contributed by atoms with van der Waals surface area (Å²) >= 11 is 0. The first-order chi connectivity index (χ1) is 13.8. The molecule has 2 rings (SSSR count). The van der Waals surface area contributed by atoms with Crippen LogP contribution >= 0.6 is 15.2 Å². The highest BCUT2D eigenvalue weighted by atomic mass is 32.2. The molecule has 2 atom stereocenters. The Kier molecular flexibility index (Phi) is 11.2. The Balaban J connectivity index is 0.000000303. The lowest BCUT2D eigenvalue weighted by atomic mass is 10.3. The van der Waals surface area contributed by atoms with E-state index in [2.05, 4.69) is 9.05 Å². The van der Waals surface area contributed by atoms with Crippen molar-refractivity contribution in [3.05, 3.63) is 0 Å². The standard InChI is InChI=1S/C10H21O4PS.C6H13O6PS/c1-3-6-15(11,7-4-2)14-10-5-8-16(12,13)9-10;1-10-13(7,11-2)12-6-3-4-14(8,9)5-6/h10H,3-9H2,1-2H3;6H,3-5H2,1-2H3. The Bertz CT molecular complexity index is 822. The average molecular weight is 513 g/mol. The van der Waals surface area contributed by atoms with Gasteiger partial charge in [0.25, 0.3) is 0 Å². The molecule has 180 valence electrons. The lowest BCUT2D eigenvalue weighted by Crippen LogP contribution is -2.15. The van der Waals surface area contributed by atoms with Crippen LogP contribution in [0, 0.1) is 0 Å². The molecule has 30 heavy (non-hydrogen) atoms. The maximum absolute atomic E-state index is 12.4. The zero-order chi connectivity index (χ0) is 23.1. The molecule has 0 radical (unpaired) electrons. The van der Waals surface area contributed by atoms with Gasteiger partial charge in [0.05, 0.1) is 35.2 Å². The normalized spacial score (nSPS) is 25.6. The SMILES string of the molecule is CCCP(=O)(CCC)OC1CCS(=O)(=O)C1.COP(=O)(OC)OC1CCS(=O)(=O)C1. The van der Waals surface area contributed by atoms with Crippen molar-refractivity contribution in [1.29, 1.82) is 0 Å². The highest BCUT2D eigenvalue weighted by molar-refractivity contribution is 7.92. The predicted molar refractivity (Wildman–Crippen MR) is 116 cm³/mol. The number of phosphoric ester groups is 1. The van der Waals surface area contributed by atoms with E-state index in [4.69, 9.17) is 9.05 Å². The van der Waals surface area contributed by atoms with E-state index in [0.717, 1.165) is 12.8 Å². The molecule has 0 amide bonds. The van der Waals surface area contributed by atoms with Crippen molar-refractivity contribution in [2.75, 3.05) is 49.6 Å². The van der Waals surface area contributed by atoms with E-state index in [1.807, 2.05) is 13.8 Å². The van der Waals surface area contributed by atoms with Crippen LogP contribution in [0.15, 0.2) is 0 Å². The second kappa shape index (κ2) is 11.9. The van der Waals surface area contributed by atoms with E-state index < -0.39 is 41.0 Å². The molecule has 2 heterocycles. The Morgan fingerprint density at radius 3 is 1.47 bits per heavy atom. The maximum Gasteiger partial charge on any atom is 0.474 e. The largest absolute Gasteiger partial charge is 0.474 e. The molecule has 0 spiro atoms. The van der Waals surface area contributed by atoms with Crippen molar-refractivity contribution < 1.29 is 44.1 Å². The molecule has 14 heteroatoms. The van der Waals surface area contributed by atoms with Gasteiger partial charge in [0.2, 0.25) is 7.37 Å². The summed E-state index contributed by atoms with van der Waals surface area (Å²) in [5, 5.41) is 0. The maximum atomic E-state index is 12.4. The van der Waals surface area contributed by atoms with Gasteiger partial charge in [-0.1, -0.05) is 13.8 Å². The third-order valence-electron chi connectivity index (χ3n) is 4.58. The van der Waals surface area contributed by atoms with Gasteiger partial charge >= 0.3 is 7.82 Å². The molecule has 2 aliphatic heterocycles. The fourth-order valence-corrected chi connectivity index (χ4v) is 9.97. The molecule has 0 saturated carbocycles. The number of hydrogen-bond acceptors (Lipinski definition) is 10. The van der Waals surface area contributed by atoms with E-state index in [9.17, 15) is 26.0 Å². The summed E-state index contributed by atoms with van der Waals surface area (Å²) in [7, 11) is -9.75. The van der Waals surface area contributed by atoms with Crippen molar-refractivity contribution in [2.45, 2.75) is 51.7 Å². The van der Waals surface area contributed by atoms with Gasteiger partial charge in [-0.2, -0.15) is 0 Å². The third kappa shape index (κ3) is 9.77. The molecular formula is C16H34O10P2S2. The predicted octanol–water partition coefficient (Wildman–Crippen LogP) is 2.88. The van der Waals surface area contributed by atoms with Crippen LogP contribution in [0.5, 0.6) is 0 Å². The monoisotopic (exact) mass is 512 g/mol. The fourth-order valence-electron chi connectivity index (χ4n) is 3.20. The highest BCUT2D eigenvalue weighted by Gasteiger charge is 2.36. The Morgan fingerprint density at radius 1 is 0.767 bits per heavy atom. The molecule has 0 N–H and O–H groups in total. The van der Waals surface area contributed by atoms with Gasteiger partial charge in [0.15, 0.2) is 19.7 Å². The van der Waals surface area contributed by atoms with E-state index in [0.29, 0.717) is 25.2 Å². The van der Waals surface area contributed by atoms with Gasteiger partial charge in [-0.15, -0.1) is 0 Å². The van der Waals surface area contributed by atoms with Crippen molar-refractivity contribution >= 4 is 34.9 Å². The average Bonchev–Trinajstić information content (AvgIpc) is 3.15. The van der Waals surface area contributed by atoms with Crippen LogP contribution in [0.2, 0.25) is 0 Å². The van der Waals surface area contributed by atoms with Gasteiger partial charge < -0.3 is 4.52 Å². The number of hydrogen-bond donors (Lipinski definition) is 0. The van der Waals surface area contributed by atoms with E-state index in [1.54, 1.807) is 0 Å². The first-order valence-corrected chi connectivity index (χ1v) is 17.0. The summed E-state index contributed by atoms with van der Waals surface area (Å²) in [6.45, 7) is 3.94. The molecule has 0 aromatic carbocycles. The Hall–Kier alpha value is 0.200. The zero-order valence-electron chi connectivity index (χ0n) is 18.0. The van der Waals surface area contributed by atoms with Crippen molar-refractivity contribution in [3.8, 4) is 0 Å². The smallest absolute Gasteiger partial charge is 0.324 e. The first-order valence-electron chi connectivity index (χ1n) is 9.88. The van der Waals surface area contributed by atoms with Crippen LogP contribution in [-0.2, 0) is 46.9 Å². The second-order valence-corrected chi connectivity index (χ2v) is 16.4. The van der Waals surface area contributed by atoms with E-state index >= 15 is 0 Å². The minimum Gasteiger partial charge on any atom is -0.324 e. The minimum absolute atomic E-state index is 0.0461. The van der Waals surface area contributed by atoms with Crippen LogP contribution in [-0.4, -0.2) is 78.6 Å². The second-order valence-electron chi connectivity index (χ2n) is 7.34. The lowest BCUT2D eigenvalue weighted by Gasteiger charge is -2.21. The fraction of sp³-hybridized carbons (Fsp3) is 1.00. The summed E-state index contributed by atoms with van der Waals surface area (Å²) in [4.78, 5) is 0. The summed E-state index contributed by atoms with van der Waals surface area (Å²) in [5.74, 6) is 0.162. The molecule has 10 nitrogen and oxygen atoms in total. The molecule has 2 saturated heterocycles. The number of rotatable bonds is 10. The highest BCUT2D eigenvalue weighted by Crippen LogP contribution is 2.50. The first kappa shape index (κ1) is 28.2. The molecule has 2 aliphatic rings. The summed E-state index contributed by atoms with van der Waals surface area (Å²) in [6, 6.07) is 0. The van der Waals surface area contributed by atoms with Gasteiger partial charge in [-0.25, -0.2) is 21.4 Å². The van der Waals surface area contributed by atoms with Crippen LogP contribution in [0.4, 0.5) is 0 Å². The summed E-state index contributed by atoms with van der Waals surface area (Å²) in [5.41, 5.74) is 0. The number of sulfone groups is 2. The number of phosphoric acid groups is 1. The Morgan fingerprint density at radius 2 is 1.17 bits per heavy atom. The van der Waals surface area contributed by atoms with Gasteiger partial charge in [0.1, 0.15) is 0 Å². The topological polar surface area (TPSA) is 139 Å². The van der Waals surface area contributed by atoms with Gasteiger partial charge in [-0.3, -0.25) is 18.1 Å². The van der Waals surface area contributed by atoms with Crippen molar-refractivity contribution in [2.24, 2.45) is 0 Å². The van der Waals surface area contributed by atoms with Crippen LogP contribution < -0.4 is 0 Å². The lowest BCUT2D eigenvalue weighted by molar-refractivity contribution is 0.117. The Labute approximate surface area is 180 Å². The summed E-state index contributed by atoms with van der Waals surface area (Å²) in [6.07, 6.45) is 2.67. The van der Waals surface area contributed by atoms with Crippen LogP contribution in [0.25, 0.3) is 0 Å². The van der Waals surface area contributed by atoms with Crippen molar-refractivity contribution in [3.63, 3.8) is 0 Å². The molecule has 2 unspecified atom stereocenters. The molecule has 2 fully saturated rings. The molecule has 0 aromatic rings. The molecule has 0 aliphatic carbocycles. The van der Waals surface area contributed by atoms with E-state index in [1.165, 1.54) is 14.2 Å². The minimum atomic E-state index is -3.55. The van der Waals surface area contributed by atoms with Crippen LogP contribution in [0.3, 0.4) is 0 Å². The summed E-state index contributed by atoms with van der Waals surface area (Å²) < 4.78 is 88.1. The van der Waals surface area contributed by atoms with E-state index in [-0.39, 0.29) is 29.1 Å². The quantitative estimate of drug-likeness (QED) is 0.401. The molecule has 0 aromatic heterocycles. The zero-order valence-corrected chi connectivity index (χ0v) is 21.4. The van der Waals surface area contributed by atoms with Gasteiger partial charge in [-0.05, 0) is 25.7 Å². The van der Waals surface area contributed by atoms with Crippen molar-refractivity contribution in [1.82, 2.24) is 0 Å². The molecular weight excluding hydrogens is 478 g/mol.